The highest BCUT2D eigenvalue weighted by Gasteiger charge is 2.18. The van der Waals surface area contributed by atoms with Crippen molar-refractivity contribution in [2.75, 3.05) is 5.43 Å². The summed E-state index contributed by atoms with van der Waals surface area (Å²) in [5.74, 6) is 0.668. The second kappa shape index (κ2) is 18.1. The van der Waals surface area contributed by atoms with Crippen molar-refractivity contribution >= 4 is 76.8 Å². The number of fused-ring (bicyclic) bond motifs is 9. The molecule has 5 heterocycles. The average molecular weight is 879 g/mol. The molecule has 7 aromatic carbocycles. The van der Waals surface area contributed by atoms with Crippen molar-refractivity contribution in [1.82, 2.24) is 24.2 Å². The molecule has 0 amide bonds. The summed E-state index contributed by atoms with van der Waals surface area (Å²) in [6.45, 7) is 7.51. The van der Waals surface area contributed by atoms with Crippen LogP contribution in [0.2, 0.25) is 0 Å². The van der Waals surface area contributed by atoms with E-state index in [4.69, 9.17) is 14.4 Å². The van der Waals surface area contributed by atoms with Crippen molar-refractivity contribution in [3.8, 4) is 28.2 Å². The minimum Gasteiger partial charge on any atom is -0.456 e. The van der Waals surface area contributed by atoms with E-state index in [9.17, 15) is 0 Å². The number of nitrogens with zero attached hydrogens (tertiary/aromatic N) is 5. The van der Waals surface area contributed by atoms with Gasteiger partial charge in [-0.25, -0.2) is 9.97 Å². The van der Waals surface area contributed by atoms with Crippen LogP contribution in [0, 0.1) is 0 Å². The molecule has 5 aromatic heterocycles. The zero-order chi connectivity index (χ0) is 46.0. The third kappa shape index (κ3) is 7.61. The number of pyridine rings is 1. The van der Waals surface area contributed by atoms with E-state index < -0.39 is 0 Å². The molecule has 7 heteroatoms. The van der Waals surface area contributed by atoms with Crippen molar-refractivity contribution in [3.63, 3.8) is 0 Å². The standard InChI is InChI=1S/C56H38N6O.C5H8/c1-2-36(37-13-5-3-6-14-37)30-49(38-15-7-4-8-16-38)60-62-51-20-12-10-18-44(51)46-29-40(22-25-52(46)62)56-58-33-41(34-59-56)39-21-24-45-43-17-9-11-19-50(43)61(53(45)31-39)42-23-26-54-47(32-42)48-35-57-28-27-55(48)63-54;1-3-5-4-2/h2-35,60H,1H3;3-5H,1H2,2H3/b36-2+,49-30-;5-4-. The molecule has 0 aliphatic carbocycles. The number of hydrogen-bond acceptors (Lipinski definition) is 5. The van der Waals surface area contributed by atoms with Crippen molar-refractivity contribution in [2.24, 2.45) is 0 Å². The van der Waals surface area contributed by atoms with Crippen LogP contribution in [-0.4, -0.2) is 24.2 Å². The molecule has 12 aromatic rings. The van der Waals surface area contributed by atoms with Gasteiger partial charge in [0.2, 0.25) is 0 Å². The molecule has 0 bridgehead atoms. The molecule has 0 fully saturated rings. The van der Waals surface area contributed by atoms with Gasteiger partial charge < -0.3 is 8.98 Å². The Balaban J connectivity index is 0.000000966. The number of benzene rings is 7. The Bertz CT molecular complexity index is 3910. The minimum atomic E-state index is 0.668. The first-order valence-electron chi connectivity index (χ1n) is 22.8. The maximum absolute atomic E-state index is 6.15. The number of aromatic nitrogens is 5. The second-order valence-electron chi connectivity index (χ2n) is 16.5. The van der Waals surface area contributed by atoms with E-state index in [1.807, 2.05) is 55.9 Å². The Morgan fingerprint density at radius 3 is 1.94 bits per heavy atom. The van der Waals surface area contributed by atoms with Crippen LogP contribution in [0.3, 0.4) is 0 Å². The third-order valence-corrected chi connectivity index (χ3v) is 12.5. The highest BCUT2D eigenvalue weighted by Crippen LogP contribution is 2.38. The average Bonchev–Trinajstić information content (AvgIpc) is 4.05. The van der Waals surface area contributed by atoms with Gasteiger partial charge in [0.15, 0.2) is 5.82 Å². The number of hydrogen-bond donors (Lipinski definition) is 1. The van der Waals surface area contributed by atoms with Crippen molar-refractivity contribution in [2.45, 2.75) is 13.8 Å². The molecular weight excluding hydrogens is 833 g/mol. The summed E-state index contributed by atoms with van der Waals surface area (Å²) in [6.07, 6.45) is 17.5. The lowest BCUT2D eigenvalue weighted by molar-refractivity contribution is 0.668. The Labute approximate surface area is 394 Å². The summed E-state index contributed by atoms with van der Waals surface area (Å²) in [4.78, 5) is 14.3. The van der Waals surface area contributed by atoms with Gasteiger partial charge in [-0.05, 0) is 103 Å². The van der Waals surface area contributed by atoms with Crippen LogP contribution < -0.4 is 5.43 Å². The van der Waals surface area contributed by atoms with E-state index in [1.54, 1.807) is 12.3 Å². The number of nitrogens with one attached hydrogen (secondary N) is 1. The molecule has 0 aliphatic rings. The molecule has 7 nitrogen and oxygen atoms in total. The Morgan fingerprint density at radius 2 is 1.21 bits per heavy atom. The van der Waals surface area contributed by atoms with Crippen LogP contribution in [0.5, 0.6) is 0 Å². The first kappa shape index (κ1) is 41.6. The van der Waals surface area contributed by atoms with Crippen LogP contribution in [0.4, 0.5) is 0 Å². The maximum Gasteiger partial charge on any atom is 0.159 e. The lowest BCUT2D eigenvalue weighted by Gasteiger charge is -2.16. The van der Waals surface area contributed by atoms with E-state index in [1.165, 1.54) is 10.8 Å². The fourth-order valence-corrected chi connectivity index (χ4v) is 9.21. The highest BCUT2D eigenvalue weighted by atomic mass is 16.3. The Morgan fingerprint density at radius 1 is 0.544 bits per heavy atom. The van der Waals surface area contributed by atoms with Gasteiger partial charge in [0, 0.05) is 73.9 Å². The van der Waals surface area contributed by atoms with Crippen molar-refractivity contribution < 1.29 is 4.42 Å². The third-order valence-electron chi connectivity index (χ3n) is 12.5. The highest BCUT2D eigenvalue weighted by molar-refractivity contribution is 6.12. The molecule has 326 valence electrons. The fourth-order valence-electron chi connectivity index (χ4n) is 9.21. The van der Waals surface area contributed by atoms with Gasteiger partial charge in [-0.15, -0.1) is 0 Å². The van der Waals surface area contributed by atoms with Gasteiger partial charge in [0.05, 0.1) is 27.8 Å². The Kier molecular flexibility index (Phi) is 11.1. The van der Waals surface area contributed by atoms with Crippen LogP contribution in [0.15, 0.2) is 236 Å². The number of rotatable bonds is 9. The topological polar surface area (TPSA) is 73.7 Å². The predicted octanol–water partition coefficient (Wildman–Crippen LogP) is 15.7. The normalized spacial score (nSPS) is 12.1. The van der Waals surface area contributed by atoms with Crippen LogP contribution >= 0.6 is 0 Å². The van der Waals surface area contributed by atoms with E-state index in [-0.39, 0.29) is 0 Å². The lowest BCUT2D eigenvalue weighted by atomic mass is 10.0. The zero-order valence-electron chi connectivity index (χ0n) is 37.7. The first-order chi connectivity index (χ1) is 33.6. The molecule has 0 unspecified atom stereocenters. The van der Waals surface area contributed by atoms with Crippen LogP contribution in [-0.2, 0) is 0 Å². The van der Waals surface area contributed by atoms with Crippen molar-refractivity contribution in [3.05, 3.63) is 243 Å². The minimum absolute atomic E-state index is 0.668. The molecule has 1 N–H and O–H groups in total. The molecule has 0 saturated heterocycles. The molecule has 12 rings (SSSR count). The maximum atomic E-state index is 6.15. The summed E-state index contributed by atoms with van der Waals surface area (Å²) in [6, 6.07) is 59.5. The largest absolute Gasteiger partial charge is 0.456 e. The smallest absolute Gasteiger partial charge is 0.159 e. The molecular formula is C61H46N6O. The quantitative estimate of drug-likeness (QED) is 0.146. The van der Waals surface area contributed by atoms with Gasteiger partial charge in [-0.2, -0.15) is 0 Å². The summed E-state index contributed by atoms with van der Waals surface area (Å²) in [7, 11) is 0. The van der Waals surface area contributed by atoms with Crippen LogP contribution in [0.1, 0.15) is 25.0 Å². The van der Waals surface area contributed by atoms with E-state index in [0.29, 0.717) is 5.82 Å². The summed E-state index contributed by atoms with van der Waals surface area (Å²) in [5, 5.41) is 6.66. The Hall–Kier alpha value is -9.07. The van der Waals surface area contributed by atoms with E-state index in [0.717, 1.165) is 99.6 Å². The monoisotopic (exact) mass is 878 g/mol. The molecule has 0 saturated carbocycles. The number of para-hydroxylation sites is 2. The predicted molar refractivity (Wildman–Crippen MR) is 284 cm³/mol. The second-order valence-corrected chi connectivity index (χ2v) is 16.5. The van der Waals surface area contributed by atoms with Crippen molar-refractivity contribution in [1.29, 1.82) is 0 Å². The van der Waals surface area contributed by atoms with E-state index in [2.05, 4.69) is 197 Å². The van der Waals surface area contributed by atoms with Gasteiger partial charge in [0.25, 0.3) is 0 Å². The molecule has 68 heavy (non-hydrogen) atoms. The zero-order valence-corrected chi connectivity index (χ0v) is 37.7. The van der Waals surface area contributed by atoms with Crippen LogP contribution in [0.25, 0.3) is 105 Å². The molecule has 0 radical (unpaired) electrons. The van der Waals surface area contributed by atoms with Gasteiger partial charge in [-0.1, -0.05) is 140 Å². The number of furan rings is 1. The summed E-state index contributed by atoms with van der Waals surface area (Å²) < 4.78 is 10.7. The lowest BCUT2D eigenvalue weighted by Crippen LogP contribution is -2.13. The number of allylic oxidation sites excluding steroid dienone is 6. The van der Waals surface area contributed by atoms with Gasteiger partial charge in [0.1, 0.15) is 11.2 Å². The molecule has 0 spiro atoms. The first-order valence-corrected chi connectivity index (χ1v) is 22.8. The summed E-state index contributed by atoms with van der Waals surface area (Å²) >= 11 is 0. The summed E-state index contributed by atoms with van der Waals surface area (Å²) in [5.41, 5.74) is 18.2. The van der Waals surface area contributed by atoms with Gasteiger partial charge >= 0.3 is 0 Å². The van der Waals surface area contributed by atoms with Gasteiger partial charge in [-0.3, -0.25) is 15.1 Å². The SMILES string of the molecule is C/C=C(\C=C(/Nn1c2ccccc2c2cc(-c3ncc(-c4ccc5c6ccccc6n(-c6ccc7oc8ccncc8c7c6)c5c4)cn3)ccc21)c1ccccc1)c1ccccc1.C=C/C=C\C. The molecule has 0 aliphatic heterocycles. The molecule has 0 atom stereocenters. The fraction of sp³-hybridized carbons (Fsp3) is 0.0328. The van der Waals surface area contributed by atoms with E-state index >= 15 is 0 Å².